The molecule has 1 heterocycles. The van der Waals surface area contributed by atoms with E-state index in [1.807, 2.05) is 0 Å². The summed E-state index contributed by atoms with van der Waals surface area (Å²) in [5.41, 5.74) is 5.56. The zero-order chi connectivity index (χ0) is 15.5. The molecule has 1 aliphatic heterocycles. The van der Waals surface area contributed by atoms with Gasteiger partial charge < -0.3 is 15.8 Å². The minimum absolute atomic E-state index is 0.00759. The fourth-order valence-electron chi connectivity index (χ4n) is 2.28. The number of hydrogen-bond donors (Lipinski definition) is 2. The molecule has 1 aliphatic rings. The molecule has 0 spiro atoms. The van der Waals surface area contributed by atoms with Crippen LogP contribution in [0.1, 0.15) is 30.1 Å². The lowest BCUT2D eigenvalue weighted by molar-refractivity contribution is -0.383. The molecule has 21 heavy (non-hydrogen) atoms. The molecule has 1 saturated heterocycles. The van der Waals surface area contributed by atoms with Crippen LogP contribution in [0.4, 0.5) is 11.4 Å². The predicted octanol–water partition coefficient (Wildman–Crippen LogP) is 1.72. The van der Waals surface area contributed by atoms with Crippen molar-refractivity contribution in [3.8, 4) is 0 Å². The van der Waals surface area contributed by atoms with Crippen LogP contribution in [0.3, 0.4) is 0 Å². The van der Waals surface area contributed by atoms with Crippen molar-refractivity contribution in [2.24, 2.45) is 5.41 Å². The number of amides is 1. The first-order valence-corrected chi connectivity index (χ1v) is 6.81. The average Bonchev–Trinajstić information content (AvgIpc) is 2.46. The van der Waals surface area contributed by atoms with Crippen LogP contribution in [-0.4, -0.2) is 30.6 Å². The van der Waals surface area contributed by atoms with Gasteiger partial charge in [-0.1, -0.05) is 6.92 Å². The van der Waals surface area contributed by atoms with Gasteiger partial charge >= 0.3 is 0 Å². The number of rotatable bonds is 4. The maximum absolute atomic E-state index is 12.1. The topological polar surface area (TPSA) is 107 Å². The van der Waals surface area contributed by atoms with Crippen molar-refractivity contribution in [2.75, 3.05) is 25.5 Å². The Morgan fingerprint density at radius 2 is 2.14 bits per heavy atom. The van der Waals surface area contributed by atoms with Gasteiger partial charge in [-0.05, 0) is 30.4 Å². The van der Waals surface area contributed by atoms with E-state index in [9.17, 15) is 14.9 Å². The van der Waals surface area contributed by atoms with Gasteiger partial charge in [-0.25, -0.2) is 0 Å². The molecule has 0 bridgehead atoms. The van der Waals surface area contributed by atoms with E-state index in [-0.39, 0.29) is 28.3 Å². The van der Waals surface area contributed by atoms with Crippen LogP contribution in [0.2, 0.25) is 0 Å². The van der Waals surface area contributed by atoms with Crippen LogP contribution in [-0.2, 0) is 4.74 Å². The van der Waals surface area contributed by atoms with Crippen LogP contribution in [0.15, 0.2) is 18.2 Å². The highest BCUT2D eigenvalue weighted by molar-refractivity contribution is 5.95. The summed E-state index contributed by atoms with van der Waals surface area (Å²) in [6, 6.07) is 4.07. The summed E-state index contributed by atoms with van der Waals surface area (Å²) < 4.78 is 5.31. The van der Waals surface area contributed by atoms with E-state index in [1.54, 1.807) is 0 Å². The minimum atomic E-state index is -0.591. The Bertz CT molecular complexity index is 553. The number of nitrogens with zero attached hydrogens (tertiary/aromatic N) is 1. The van der Waals surface area contributed by atoms with Gasteiger partial charge in [0.2, 0.25) is 0 Å². The zero-order valence-electron chi connectivity index (χ0n) is 11.9. The summed E-state index contributed by atoms with van der Waals surface area (Å²) >= 11 is 0. The lowest BCUT2D eigenvalue weighted by Gasteiger charge is -2.33. The summed E-state index contributed by atoms with van der Waals surface area (Å²) in [7, 11) is 0. The van der Waals surface area contributed by atoms with Crippen LogP contribution in [0.5, 0.6) is 0 Å². The first kappa shape index (κ1) is 15.2. The van der Waals surface area contributed by atoms with E-state index in [2.05, 4.69) is 12.2 Å². The Kier molecular flexibility index (Phi) is 4.42. The smallest absolute Gasteiger partial charge is 0.292 e. The SMILES string of the molecule is CC1(CNC(=O)c2ccc(N)c([N+](=O)[O-])c2)CCOCC1. The molecule has 3 N–H and O–H groups in total. The summed E-state index contributed by atoms with van der Waals surface area (Å²) in [5.74, 6) is -0.328. The normalized spacial score (nSPS) is 17.2. The highest BCUT2D eigenvalue weighted by Crippen LogP contribution is 2.29. The molecular weight excluding hydrogens is 274 g/mol. The van der Waals surface area contributed by atoms with Crippen molar-refractivity contribution >= 4 is 17.3 Å². The van der Waals surface area contributed by atoms with Crippen LogP contribution >= 0.6 is 0 Å². The van der Waals surface area contributed by atoms with Gasteiger partial charge in [-0.3, -0.25) is 14.9 Å². The molecule has 1 aromatic rings. The minimum Gasteiger partial charge on any atom is -0.393 e. The van der Waals surface area contributed by atoms with Crippen molar-refractivity contribution in [3.63, 3.8) is 0 Å². The maximum Gasteiger partial charge on any atom is 0.292 e. The number of nitrogens with one attached hydrogen (secondary N) is 1. The van der Waals surface area contributed by atoms with E-state index in [0.29, 0.717) is 19.8 Å². The number of nitro benzene ring substituents is 1. The largest absolute Gasteiger partial charge is 0.393 e. The van der Waals surface area contributed by atoms with Gasteiger partial charge in [0.25, 0.3) is 11.6 Å². The Morgan fingerprint density at radius 3 is 2.76 bits per heavy atom. The molecule has 0 atom stereocenters. The van der Waals surface area contributed by atoms with E-state index < -0.39 is 4.92 Å². The van der Waals surface area contributed by atoms with Gasteiger partial charge in [0.15, 0.2) is 0 Å². The van der Waals surface area contributed by atoms with Gasteiger partial charge in [0, 0.05) is 31.4 Å². The maximum atomic E-state index is 12.1. The molecule has 0 saturated carbocycles. The molecule has 7 nitrogen and oxygen atoms in total. The van der Waals surface area contributed by atoms with Crippen LogP contribution in [0, 0.1) is 15.5 Å². The Labute approximate surface area is 122 Å². The molecule has 114 valence electrons. The molecule has 0 unspecified atom stereocenters. The standard InChI is InChI=1S/C14H19N3O4/c1-14(4-6-21-7-5-14)9-16-13(18)10-2-3-11(15)12(8-10)17(19)20/h2-3,8H,4-7,9,15H2,1H3,(H,16,18). The van der Waals surface area contributed by atoms with Crippen molar-refractivity contribution in [1.29, 1.82) is 0 Å². The first-order chi connectivity index (χ1) is 9.91. The monoisotopic (exact) mass is 293 g/mol. The number of nitrogens with two attached hydrogens (primary N) is 1. The third-order valence-electron chi connectivity index (χ3n) is 3.86. The quantitative estimate of drug-likeness (QED) is 0.499. The summed E-state index contributed by atoms with van der Waals surface area (Å²) in [5, 5.41) is 13.7. The van der Waals surface area contributed by atoms with Gasteiger partial charge in [0.1, 0.15) is 5.69 Å². The Morgan fingerprint density at radius 1 is 1.48 bits per heavy atom. The lowest BCUT2D eigenvalue weighted by Crippen LogP contribution is -2.39. The molecule has 1 amide bonds. The third-order valence-corrected chi connectivity index (χ3v) is 3.86. The number of carbonyl (C=O) groups excluding carboxylic acids is 1. The number of nitrogen functional groups attached to an aromatic ring is 1. The Hall–Kier alpha value is -2.15. The third kappa shape index (κ3) is 3.69. The fraction of sp³-hybridized carbons (Fsp3) is 0.500. The average molecular weight is 293 g/mol. The van der Waals surface area contributed by atoms with Crippen molar-refractivity contribution in [3.05, 3.63) is 33.9 Å². The molecule has 0 aromatic heterocycles. The molecule has 0 radical (unpaired) electrons. The number of anilines is 1. The van der Waals surface area contributed by atoms with Gasteiger partial charge in [-0.2, -0.15) is 0 Å². The van der Waals surface area contributed by atoms with Crippen molar-refractivity contribution in [2.45, 2.75) is 19.8 Å². The second-order valence-electron chi connectivity index (χ2n) is 5.64. The van der Waals surface area contributed by atoms with Crippen molar-refractivity contribution in [1.82, 2.24) is 5.32 Å². The molecular formula is C14H19N3O4. The number of hydrogen-bond acceptors (Lipinski definition) is 5. The van der Waals surface area contributed by atoms with Crippen LogP contribution < -0.4 is 11.1 Å². The molecule has 0 aliphatic carbocycles. The summed E-state index contributed by atoms with van der Waals surface area (Å²) in [6.07, 6.45) is 1.77. The molecule has 1 fully saturated rings. The van der Waals surface area contributed by atoms with E-state index in [4.69, 9.17) is 10.5 Å². The second-order valence-corrected chi connectivity index (χ2v) is 5.64. The highest BCUT2D eigenvalue weighted by atomic mass is 16.6. The Balaban J connectivity index is 2.03. The number of ether oxygens (including phenoxy) is 1. The number of carbonyl (C=O) groups is 1. The zero-order valence-corrected chi connectivity index (χ0v) is 11.9. The van der Waals surface area contributed by atoms with Crippen molar-refractivity contribution < 1.29 is 14.5 Å². The second kappa shape index (κ2) is 6.09. The van der Waals surface area contributed by atoms with Gasteiger partial charge in [0.05, 0.1) is 4.92 Å². The lowest BCUT2D eigenvalue weighted by atomic mass is 9.82. The summed E-state index contributed by atoms with van der Waals surface area (Å²) in [4.78, 5) is 22.4. The molecule has 7 heteroatoms. The highest BCUT2D eigenvalue weighted by Gasteiger charge is 2.28. The van der Waals surface area contributed by atoms with E-state index in [1.165, 1.54) is 18.2 Å². The van der Waals surface area contributed by atoms with E-state index >= 15 is 0 Å². The van der Waals surface area contributed by atoms with Crippen LogP contribution in [0.25, 0.3) is 0 Å². The first-order valence-electron chi connectivity index (χ1n) is 6.81. The number of benzene rings is 1. The predicted molar refractivity (Wildman–Crippen MR) is 78.0 cm³/mol. The number of nitro groups is 1. The summed E-state index contributed by atoms with van der Waals surface area (Å²) in [6.45, 7) is 4.01. The van der Waals surface area contributed by atoms with E-state index in [0.717, 1.165) is 12.8 Å². The fourth-order valence-corrected chi connectivity index (χ4v) is 2.28. The molecule has 1 aromatic carbocycles. The van der Waals surface area contributed by atoms with Gasteiger partial charge in [-0.15, -0.1) is 0 Å². The molecule has 2 rings (SSSR count).